The molecule has 5 heterocycles. The SMILES string of the molecule is Cc1cc2c3c(c1)N(c1c(C)cc(C(C)(C)C)cc1C)c1cc4c(cc1B3c1ccc(-c3cc5ccccc5o3)cc1N2c1cccc(-c2cc3ccccc3o2)c1)OCO4. The zero-order valence-electron chi connectivity index (χ0n) is 35.1. The molecule has 0 saturated heterocycles. The fraction of sp³-hybridized carbons (Fsp3) is 0.148. The molecule has 9 aromatic rings. The van der Waals surface area contributed by atoms with Crippen molar-refractivity contribution in [1.29, 1.82) is 0 Å². The van der Waals surface area contributed by atoms with Gasteiger partial charge in [0.1, 0.15) is 22.7 Å². The van der Waals surface area contributed by atoms with Gasteiger partial charge in [-0.15, -0.1) is 0 Å². The van der Waals surface area contributed by atoms with Crippen molar-refractivity contribution in [1.82, 2.24) is 0 Å². The number of para-hydroxylation sites is 2. The van der Waals surface area contributed by atoms with Crippen LogP contribution in [0.15, 0.2) is 148 Å². The van der Waals surface area contributed by atoms with Crippen LogP contribution in [0.25, 0.3) is 44.6 Å². The molecule has 7 aromatic carbocycles. The number of nitrogens with zero attached hydrogens (tertiary/aromatic N) is 2. The lowest BCUT2D eigenvalue weighted by Gasteiger charge is -2.45. The standard InChI is InChI=1S/C54H43BN2O4/c1-31-20-44-52-45(21-31)57(53-32(2)22-38(23-33(53)3)54(4,5)6)43-29-51-50(58-30-59-51)28-41(43)55(52)40-19-18-37(49-27-36-13-8-10-17-47(36)61-49)25-42(40)56(44)39-15-11-14-34(24-39)48-26-35-12-7-9-16-46(35)60-48/h7-29H,30H2,1-6H3. The second-order valence-electron chi connectivity index (χ2n) is 17.9. The van der Waals surface area contributed by atoms with E-state index in [0.29, 0.717) is 0 Å². The maximum atomic E-state index is 6.52. The van der Waals surface area contributed by atoms with E-state index in [4.69, 9.17) is 18.3 Å². The highest BCUT2D eigenvalue weighted by molar-refractivity contribution is 7.00. The first-order valence-corrected chi connectivity index (χ1v) is 21.1. The minimum Gasteiger partial charge on any atom is -0.456 e. The third kappa shape index (κ3) is 5.49. The number of fused-ring (bicyclic) bond motifs is 7. The summed E-state index contributed by atoms with van der Waals surface area (Å²) in [7, 11) is 0. The van der Waals surface area contributed by atoms with Crippen LogP contribution in [0.2, 0.25) is 0 Å². The average Bonchev–Trinajstić information content (AvgIpc) is 4.01. The van der Waals surface area contributed by atoms with Gasteiger partial charge >= 0.3 is 0 Å². The van der Waals surface area contributed by atoms with Crippen LogP contribution in [0.3, 0.4) is 0 Å². The molecule has 3 aliphatic heterocycles. The predicted octanol–water partition coefficient (Wildman–Crippen LogP) is 12.5. The van der Waals surface area contributed by atoms with Crippen molar-refractivity contribution in [3.63, 3.8) is 0 Å². The Labute approximate surface area is 355 Å². The molecule has 6 nitrogen and oxygen atoms in total. The van der Waals surface area contributed by atoms with E-state index in [1.807, 2.05) is 24.3 Å². The number of hydrogen-bond donors (Lipinski definition) is 0. The molecule has 0 N–H and O–H groups in total. The largest absolute Gasteiger partial charge is 0.456 e. The van der Waals surface area contributed by atoms with Gasteiger partial charge in [-0.3, -0.25) is 0 Å². The van der Waals surface area contributed by atoms with Gasteiger partial charge < -0.3 is 28.1 Å². The van der Waals surface area contributed by atoms with Gasteiger partial charge in [0.25, 0.3) is 6.71 Å². The number of rotatable bonds is 4. The molecule has 296 valence electrons. The van der Waals surface area contributed by atoms with E-state index in [0.717, 1.165) is 84.5 Å². The third-order valence-electron chi connectivity index (χ3n) is 12.8. The van der Waals surface area contributed by atoms with Gasteiger partial charge in [0.15, 0.2) is 11.5 Å². The highest BCUT2D eigenvalue weighted by atomic mass is 16.7. The molecule has 0 spiro atoms. The Bertz CT molecular complexity index is 3210. The second-order valence-corrected chi connectivity index (χ2v) is 17.9. The Morgan fingerprint density at radius 2 is 1.13 bits per heavy atom. The van der Waals surface area contributed by atoms with Crippen molar-refractivity contribution >= 4 is 79.2 Å². The van der Waals surface area contributed by atoms with E-state index < -0.39 is 0 Å². The summed E-state index contributed by atoms with van der Waals surface area (Å²) in [5.74, 6) is 3.20. The first-order valence-electron chi connectivity index (χ1n) is 21.1. The number of anilines is 6. The number of ether oxygens (including phenoxy) is 2. The summed E-state index contributed by atoms with van der Waals surface area (Å²) in [6, 6.07) is 50.2. The molecule has 61 heavy (non-hydrogen) atoms. The first kappa shape index (κ1) is 35.8. The minimum atomic E-state index is -0.102. The lowest BCUT2D eigenvalue weighted by atomic mass is 9.33. The average molecular weight is 795 g/mol. The molecule has 0 aliphatic carbocycles. The van der Waals surface area contributed by atoms with E-state index >= 15 is 0 Å². The topological polar surface area (TPSA) is 51.2 Å². The fourth-order valence-corrected chi connectivity index (χ4v) is 9.98. The molecular formula is C54H43BN2O4. The monoisotopic (exact) mass is 794 g/mol. The molecule has 7 heteroatoms. The van der Waals surface area contributed by atoms with Crippen molar-refractivity contribution in [2.24, 2.45) is 0 Å². The molecule has 0 radical (unpaired) electrons. The minimum absolute atomic E-state index is 0.00972. The molecule has 0 amide bonds. The molecular weight excluding hydrogens is 751 g/mol. The Morgan fingerprint density at radius 1 is 0.525 bits per heavy atom. The van der Waals surface area contributed by atoms with Crippen LogP contribution in [0.1, 0.15) is 43.0 Å². The molecule has 3 aliphatic rings. The van der Waals surface area contributed by atoms with E-state index in [-0.39, 0.29) is 18.9 Å². The molecule has 0 saturated carbocycles. The van der Waals surface area contributed by atoms with Crippen molar-refractivity contribution in [2.75, 3.05) is 16.6 Å². The molecule has 0 unspecified atom stereocenters. The van der Waals surface area contributed by atoms with E-state index in [9.17, 15) is 0 Å². The van der Waals surface area contributed by atoms with Gasteiger partial charge in [0, 0.05) is 56.4 Å². The highest BCUT2D eigenvalue weighted by Gasteiger charge is 2.45. The van der Waals surface area contributed by atoms with Crippen LogP contribution in [-0.2, 0) is 5.41 Å². The highest BCUT2D eigenvalue weighted by Crippen LogP contribution is 2.50. The van der Waals surface area contributed by atoms with E-state index in [1.54, 1.807) is 0 Å². The zero-order valence-corrected chi connectivity index (χ0v) is 35.1. The van der Waals surface area contributed by atoms with Crippen LogP contribution in [0.5, 0.6) is 11.5 Å². The van der Waals surface area contributed by atoms with Crippen LogP contribution in [0, 0.1) is 20.8 Å². The maximum Gasteiger partial charge on any atom is 0.252 e. The van der Waals surface area contributed by atoms with E-state index in [2.05, 4.69) is 167 Å². The molecule has 0 fully saturated rings. The molecule has 12 rings (SSSR count). The van der Waals surface area contributed by atoms with Crippen LogP contribution in [-0.4, -0.2) is 13.5 Å². The Kier molecular flexibility index (Phi) is 7.59. The lowest BCUT2D eigenvalue weighted by Crippen LogP contribution is -2.61. The lowest BCUT2D eigenvalue weighted by molar-refractivity contribution is 0.174. The zero-order chi connectivity index (χ0) is 41.3. The summed E-state index contributed by atoms with van der Waals surface area (Å²) in [5, 5.41) is 2.16. The normalized spacial score (nSPS) is 13.8. The fourth-order valence-electron chi connectivity index (χ4n) is 9.98. The maximum absolute atomic E-state index is 6.52. The molecule has 0 atom stereocenters. The molecule has 2 aromatic heterocycles. The van der Waals surface area contributed by atoms with Crippen LogP contribution < -0.4 is 35.7 Å². The number of hydrogen-bond acceptors (Lipinski definition) is 6. The summed E-state index contributed by atoms with van der Waals surface area (Å²) < 4.78 is 25.2. The summed E-state index contributed by atoms with van der Waals surface area (Å²) in [4.78, 5) is 4.95. The van der Waals surface area contributed by atoms with Crippen molar-refractivity contribution in [3.05, 3.63) is 162 Å². The van der Waals surface area contributed by atoms with Gasteiger partial charge in [-0.05, 0) is 125 Å². The Hall–Kier alpha value is -7.12. The van der Waals surface area contributed by atoms with Gasteiger partial charge in [-0.1, -0.05) is 93.6 Å². The molecule has 0 bridgehead atoms. The summed E-state index contributed by atoms with van der Waals surface area (Å²) in [6.07, 6.45) is 0. The Balaban J connectivity index is 1.14. The Morgan fingerprint density at radius 3 is 1.79 bits per heavy atom. The first-order chi connectivity index (χ1) is 29.6. The second kappa shape index (κ2) is 12.9. The number of benzene rings is 7. The smallest absolute Gasteiger partial charge is 0.252 e. The van der Waals surface area contributed by atoms with Crippen molar-refractivity contribution in [2.45, 2.75) is 47.0 Å². The van der Waals surface area contributed by atoms with Crippen LogP contribution in [0.4, 0.5) is 34.1 Å². The van der Waals surface area contributed by atoms with Crippen molar-refractivity contribution < 1.29 is 18.3 Å². The van der Waals surface area contributed by atoms with Crippen molar-refractivity contribution in [3.8, 4) is 34.1 Å². The van der Waals surface area contributed by atoms with Gasteiger partial charge in [0.2, 0.25) is 6.79 Å². The van der Waals surface area contributed by atoms with E-state index in [1.165, 1.54) is 44.3 Å². The quantitative estimate of drug-likeness (QED) is 0.165. The van der Waals surface area contributed by atoms with Gasteiger partial charge in [-0.2, -0.15) is 0 Å². The third-order valence-corrected chi connectivity index (χ3v) is 12.8. The summed E-state index contributed by atoms with van der Waals surface area (Å²) >= 11 is 0. The summed E-state index contributed by atoms with van der Waals surface area (Å²) in [6.45, 7) is 13.7. The number of furan rings is 2. The predicted molar refractivity (Wildman–Crippen MR) is 250 cm³/mol. The number of aryl methyl sites for hydroxylation is 3. The van der Waals surface area contributed by atoms with Gasteiger partial charge in [0.05, 0.1) is 5.69 Å². The van der Waals surface area contributed by atoms with Crippen LogP contribution >= 0.6 is 0 Å². The summed E-state index contributed by atoms with van der Waals surface area (Å²) in [5.41, 5.74) is 19.0. The van der Waals surface area contributed by atoms with Gasteiger partial charge in [-0.25, -0.2) is 0 Å².